The van der Waals surface area contributed by atoms with E-state index in [9.17, 15) is 14.0 Å². The molecule has 31 heavy (non-hydrogen) atoms. The molecule has 164 valence electrons. The van der Waals surface area contributed by atoms with Crippen molar-refractivity contribution < 1.29 is 23.5 Å². The highest BCUT2D eigenvalue weighted by molar-refractivity contribution is 6.30. The Labute approximate surface area is 183 Å². The van der Waals surface area contributed by atoms with Crippen molar-refractivity contribution in [2.45, 2.75) is 42.9 Å². The molecule has 2 aromatic rings. The molecule has 2 amide bonds. The van der Waals surface area contributed by atoms with Crippen LogP contribution in [-0.2, 0) is 16.6 Å². The van der Waals surface area contributed by atoms with Gasteiger partial charge in [0, 0.05) is 37.2 Å². The molecule has 3 aliphatic carbocycles. The van der Waals surface area contributed by atoms with Crippen molar-refractivity contribution in [3.8, 4) is 11.5 Å². The fourth-order valence-corrected chi connectivity index (χ4v) is 5.18. The SMILES string of the molecule is Cn1cc(OC2CCN(C34CC(NC(=O)COc5ccc(Cl)c(F)c5)(C3)C4)C2=O)cn1. The molecular weight excluding hydrogens is 427 g/mol. The van der Waals surface area contributed by atoms with E-state index in [1.165, 1.54) is 12.1 Å². The third kappa shape index (κ3) is 3.50. The topological polar surface area (TPSA) is 85.7 Å². The van der Waals surface area contributed by atoms with Gasteiger partial charge >= 0.3 is 0 Å². The lowest BCUT2D eigenvalue weighted by Gasteiger charge is -2.73. The first kappa shape index (κ1) is 20.1. The average molecular weight is 449 g/mol. The highest BCUT2D eigenvalue weighted by Crippen LogP contribution is 2.64. The maximum atomic E-state index is 13.5. The predicted octanol–water partition coefficient (Wildman–Crippen LogP) is 2.06. The van der Waals surface area contributed by atoms with Crippen molar-refractivity contribution in [2.75, 3.05) is 13.2 Å². The van der Waals surface area contributed by atoms with E-state index in [2.05, 4.69) is 10.4 Å². The van der Waals surface area contributed by atoms with Gasteiger partial charge in [0.15, 0.2) is 18.5 Å². The van der Waals surface area contributed by atoms with Crippen molar-refractivity contribution >= 4 is 23.4 Å². The second-order valence-corrected chi connectivity index (χ2v) is 9.09. The Morgan fingerprint density at radius 3 is 2.81 bits per heavy atom. The van der Waals surface area contributed by atoms with E-state index in [-0.39, 0.29) is 40.3 Å². The highest BCUT2D eigenvalue weighted by atomic mass is 35.5. The Morgan fingerprint density at radius 1 is 1.35 bits per heavy atom. The second kappa shape index (κ2) is 7.12. The molecule has 1 atom stereocenters. The van der Waals surface area contributed by atoms with Crippen LogP contribution >= 0.6 is 11.6 Å². The molecule has 4 aliphatic rings. The molecule has 0 radical (unpaired) electrons. The van der Waals surface area contributed by atoms with Gasteiger partial charge in [-0.1, -0.05) is 11.6 Å². The first-order valence-corrected chi connectivity index (χ1v) is 10.5. The molecule has 1 N–H and O–H groups in total. The molecule has 8 nitrogen and oxygen atoms in total. The second-order valence-electron chi connectivity index (χ2n) is 8.68. The summed E-state index contributed by atoms with van der Waals surface area (Å²) in [7, 11) is 1.80. The van der Waals surface area contributed by atoms with Crippen LogP contribution in [0.1, 0.15) is 25.7 Å². The Kier molecular flexibility index (Phi) is 4.62. The third-order valence-electron chi connectivity index (χ3n) is 6.36. The number of halogens is 2. The van der Waals surface area contributed by atoms with Gasteiger partial charge in [-0.25, -0.2) is 4.39 Å². The van der Waals surface area contributed by atoms with Crippen molar-refractivity contribution in [1.82, 2.24) is 20.0 Å². The zero-order chi connectivity index (χ0) is 21.8. The van der Waals surface area contributed by atoms with Crippen molar-refractivity contribution in [2.24, 2.45) is 7.05 Å². The highest BCUT2D eigenvalue weighted by Gasteiger charge is 2.72. The lowest BCUT2D eigenvalue weighted by Crippen LogP contribution is -2.84. The van der Waals surface area contributed by atoms with Gasteiger partial charge in [0.05, 0.1) is 17.4 Å². The number of likely N-dealkylation sites (tertiary alicyclic amines) is 1. The number of aryl methyl sites for hydroxylation is 1. The molecule has 4 fully saturated rings. The Balaban J connectivity index is 1.10. The normalized spacial score (nSPS) is 28.7. The number of carbonyl (C=O) groups excluding carboxylic acids is 2. The molecule has 10 heteroatoms. The number of carbonyl (C=O) groups is 2. The minimum absolute atomic E-state index is 0.000463. The van der Waals surface area contributed by atoms with Gasteiger partial charge in [-0.15, -0.1) is 0 Å². The number of hydrogen-bond acceptors (Lipinski definition) is 5. The van der Waals surface area contributed by atoms with Crippen LogP contribution in [0.15, 0.2) is 30.6 Å². The summed E-state index contributed by atoms with van der Waals surface area (Å²) in [5, 5.41) is 7.07. The molecule has 0 spiro atoms. The van der Waals surface area contributed by atoms with Crippen LogP contribution in [0.5, 0.6) is 11.5 Å². The fourth-order valence-electron chi connectivity index (χ4n) is 5.06. The van der Waals surface area contributed by atoms with Crippen LogP contribution in [-0.4, -0.2) is 56.8 Å². The van der Waals surface area contributed by atoms with E-state index >= 15 is 0 Å². The number of hydrogen-bond donors (Lipinski definition) is 1. The van der Waals surface area contributed by atoms with E-state index in [0.29, 0.717) is 18.7 Å². The van der Waals surface area contributed by atoms with Crippen molar-refractivity contribution in [3.63, 3.8) is 0 Å². The first-order chi connectivity index (χ1) is 14.8. The summed E-state index contributed by atoms with van der Waals surface area (Å²) in [5.41, 5.74) is -0.466. The van der Waals surface area contributed by atoms with Crippen LogP contribution in [0, 0.1) is 5.82 Å². The van der Waals surface area contributed by atoms with E-state index in [4.69, 9.17) is 21.1 Å². The molecule has 6 rings (SSSR count). The van der Waals surface area contributed by atoms with Crippen molar-refractivity contribution in [3.05, 3.63) is 41.4 Å². The van der Waals surface area contributed by atoms with Gasteiger partial charge in [-0.3, -0.25) is 14.3 Å². The van der Waals surface area contributed by atoms with Crippen LogP contribution in [0.3, 0.4) is 0 Å². The summed E-state index contributed by atoms with van der Waals surface area (Å²) in [5.74, 6) is -0.0363. The summed E-state index contributed by atoms with van der Waals surface area (Å²) in [6.07, 6.45) is 5.67. The van der Waals surface area contributed by atoms with Crippen LogP contribution < -0.4 is 14.8 Å². The lowest BCUT2D eigenvalue weighted by atomic mass is 9.43. The lowest BCUT2D eigenvalue weighted by molar-refractivity contribution is -0.188. The number of nitrogens with zero attached hydrogens (tertiary/aromatic N) is 3. The van der Waals surface area contributed by atoms with E-state index in [1.807, 2.05) is 4.90 Å². The van der Waals surface area contributed by atoms with Crippen LogP contribution in [0.4, 0.5) is 4.39 Å². The number of ether oxygens (including phenoxy) is 2. The number of rotatable bonds is 7. The molecular formula is C21H22ClFN4O4. The third-order valence-corrected chi connectivity index (χ3v) is 6.66. The Bertz CT molecular complexity index is 1040. The summed E-state index contributed by atoms with van der Waals surface area (Å²) in [4.78, 5) is 27.0. The van der Waals surface area contributed by atoms with Crippen LogP contribution in [0.25, 0.3) is 0 Å². The zero-order valence-electron chi connectivity index (χ0n) is 16.9. The Hall–Kier alpha value is -2.81. The van der Waals surface area contributed by atoms with Gasteiger partial charge in [0.1, 0.15) is 11.6 Å². The molecule has 1 aromatic carbocycles. The van der Waals surface area contributed by atoms with Gasteiger partial charge in [-0.2, -0.15) is 5.10 Å². The monoisotopic (exact) mass is 448 g/mol. The predicted molar refractivity (Wildman–Crippen MR) is 108 cm³/mol. The van der Waals surface area contributed by atoms with Gasteiger partial charge in [0.2, 0.25) is 0 Å². The Morgan fingerprint density at radius 2 is 2.13 bits per heavy atom. The average Bonchev–Trinajstić information content (AvgIpc) is 3.24. The molecule has 1 unspecified atom stereocenters. The molecule has 3 saturated carbocycles. The van der Waals surface area contributed by atoms with Gasteiger partial charge in [-0.05, 0) is 31.4 Å². The minimum atomic E-state index is -0.595. The minimum Gasteiger partial charge on any atom is -0.484 e. The number of amides is 2. The number of nitrogens with one attached hydrogen (secondary N) is 1. The number of benzene rings is 1. The molecule has 1 saturated heterocycles. The molecule has 1 aromatic heterocycles. The largest absolute Gasteiger partial charge is 0.484 e. The van der Waals surface area contributed by atoms with Gasteiger partial charge < -0.3 is 19.7 Å². The summed E-state index contributed by atoms with van der Waals surface area (Å²) >= 11 is 5.64. The first-order valence-electron chi connectivity index (χ1n) is 10.1. The van der Waals surface area contributed by atoms with E-state index in [0.717, 1.165) is 25.3 Å². The molecule has 1 aliphatic heterocycles. The molecule has 2 heterocycles. The maximum absolute atomic E-state index is 13.5. The maximum Gasteiger partial charge on any atom is 0.264 e. The molecule has 2 bridgehead atoms. The van der Waals surface area contributed by atoms with Crippen LogP contribution in [0.2, 0.25) is 5.02 Å². The number of aromatic nitrogens is 2. The van der Waals surface area contributed by atoms with E-state index < -0.39 is 11.9 Å². The van der Waals surface area contributed by atoms with E-state index in [1.54, 1.807) is 24.1 Å². The summed E-state index contributed by atoms with van der Waals surface area (Å²) in [6, 6.07) is 4.04. The quantitative estimate of drug-likeness (QED) is 0.700. The zero-order valence-corrected chi connectivity index (χ0v) is 17.7. The van der Waals surface area contributed by atoms with Gasteiger partial charge in [0.25, 0.3) is 11.8 Å². The fraction of sp³-hybridized carbons (Fsp3) is 0.476. The smallest absolute Gasteiger partial charge is 0.264 e. The summed E-state index contributed by atoms with van der Waals surface area (Å²) < 4.78 is 26.2. The standard InChI is InChI=1S/C21H22ClFN4O4/c1-26-8-14(7-24-26)31-17-4-5-27(19(17)29)21-10-20(11-21,12-21)25-18(28)9-30-13-2-3-15(22)16(23)6-13/h2-3,6-8,17H,4-5,9-12H2,1H3,(H,25,28). The van der Waals surface area contributed by atoms with Crippen molar-refractivity contribution in [1.29, 1.82) is 0 Å². The summed E-state index contributed by atoms with van der Waals surface area (Å²) in [6.45, 7) is 0.443.